The van der Waals surface area contributed by atoms with Gasteiger partial charge in [0.15, 0.2) is 0 Å². The van der Waals surface area contributed by atoms with Crippen LogP contribution in [0.25, 0.3) is 15.2 Å². The van der Waals surface area contributed by atoms with Crippen LogP contribution >= 0.6 is 11.3 Å². The largest absolute Gasteiger partial charge is 0.496 e. The van der Waals surface area contributed by atoms with Gasteiger partial charge in [0.1, 0.15) is 33.5 Å². The van der Waals surface area contributed by atoms with Crippen LogP contribution in [0, 0.1) is 12.7 Å². The van der Waals surface area contributed by atoms with Gasteiger partial charge in [-0.1, -0.05) is 11.3 Å². The number of hydrogen-bond acceptors (Lipinski definition) is 9. The zero-order valence-corrected chi connectivity index (χ0v) is 23.1. The summed E-state index contributed by atoms with van der Waals surface area (Å²) in [4.78, 5) is 42.5. The average molecular weight is 573 g/mol. The Hall–Kier alpha value is -3.88. The maximum Gasteiger partial charge on any atom is 0.332 e. The molecule has 0 aliphatic carbocycles. The highest BCUT2D eigenvalue weighted by atomic mass is 32.1. The Kier molecular flexibility index (Phi) is 8.09. The van der Waals surface area contributed by atoms with Crippen molar-refractivity contribution in [2.75, 3.05) is 34.0 Å². The van der Waals surface area contributed by atoms with Crippen LogP contribution in [0.4, 0.5) is 4.39 Å². The third kappa shape index (κ3) is 5.05. The number of fused-ring (bicyclic) bond motifs is 1. The molecule has 0 bridgehead atoms. The van der Waals surface area contributed by atoms with Gasteiger partial charge in [-0.25, -0.2) is 13.8 Å². The molecule has 5 rings (SSSR count). The fraction of sp³-hybridized carbons (Fsp3) is 0.423. The van der Waals surface area contributed by atoms with Crippen molar-refractivity contribution in [1.82, 2.24) is 29.4 Å². The Balaban J connectivity index is 1.75. The first-order chi connectivity index (χ1) is 19.3. The standard InChI is InChI=1S/C26H29FN6O6S/c1-15-21-23(35)32(18-5-4-8-28-22(18)34)26(36)31(25(21)40-24(15)33-29-9-10-30-33)14-20(39-12-11-37-2)17-13-16(27)6-7-19(17)38-3/h6-7,9-10,13,18,20H,4-5,8,11-12,14H2,1-3H3,(H,28,34)/t18?,20-/m0/s1. The van der Waals surface area contributed by atoms with Gasteiger partial charge < -0.3 is 19.5 Å². The third-order valence-electron chi connectivity index (χ3n) is 6.88. The molecule has 40 heavy (non-hydrogen) atoms. The molecule has 212 valence electrons. The molecular formula is C26H29FN6O6S. The van der Waals surface area contributed by atoms with Crippen molar-refractivity contribution in [3.8, 4) is 10.8 Å². The molecule has 14 heteroatoms. The van der Waals surface area contributed by atoms with E-state index in [-0.39, 0.29) is 25.1 Å². The number of carbonyl (C=O) groups excluding carboxylic acids is 1. The Morgan fingerprint density at radius 2 is 1.95 bits per heavy atom. The first-order valence-electron chi connectivity index (χ1n) is 12.7. The Labute approximate surface area is 231 Å². The molecule has 4 heterocycles. The van der Waals surface area contributed by atoms with Gasteiger partial charge in [-0.05, 0) is 38.0 Å². The van der Waals surface area contributed by atoms with Gasteiger partial charge in [0.05, 0.1) is 44.6 Å². The van der Waals surface area contributed by atoms with Crippen molar-refractivity contribution in [1.29, 1.82) is 0 Å². The van der Waals surface area contributed by atoms with E-state index >= 15 is 0 Å². The predicted molar refractivity (Wildman–Crippen MR) is 145 cm³/mol. The number of nitrogens with one attached hydrogen (secondary N) is 1. The topological polar surface area (TPSA) is 132 Å². The SMILES string of the molecule is COCCO[C@@H](Cn1c(=O)n(C2CCCNC2=O)c(=O)c2c(C)c(-n3nccn3)sc21)c1cc(F)ccc1OC. The highest BCUT2D eigenvalue weighted by Gasteiger charge is 2.31. The van der Waals surface area contributed by atoms with Crippen LogP contribution in [0.2, 0.25) is 0 Å². The summed E-state index contributed by atoms with van der Waals surface area (Å²) in [6, 6.07) is 3.08. The number of aromatic nitrogens is 5. The molecule has 1 amide bonds. The maximum atomic E-state index is 14.4. The van der Waals surface area contributed by atoms with E-state index in [1.54, 1.807) is 6.92 Å². The number of hydrogen-bond donors (Lipinski definition) is 1. The number of carbonyl (C=O) groups is 1. The highest BCUT2D eigenvalue weighted by Crippen LogP contribution is 2.34. The number of rotatable bonds is 10. The van der Waals surface area contributed by atoms with Gasteiger partial charge >= 0.3 is 5.69 Å². The van der Waals surface area contributed by atoms with Crippen LogP contribution in [0.15, 0.2) is 40.2 Å². The van der Waals surface area contributed by atoms with E-state index in [4.69, 9.17) is 14.2 Å². The summed E-state index contributed by atoms with van der Waals surface area (Å²) in [5, 5.41) is 12.0. The van der Waals surface area contributed by atoms with Crippen LogP contribution < -0.4 is 21.3 Å². The van der Waals surface area contributed by atoms with E-state index in [0.717, 1.165) is 4.57 Å². The highest BCUT2D eigenvalue weighted by molar-refractivity contribution is 7.21. The summed E-state index contributed by atoms with van der Waals surface area (Å²) < 4.78 is 33.5. The van der Waals surface area contributed by atoms with E-state index in [0.29, 0.717) is 46.1 Å². The maximum absolute atomic E-state index is 14.4. The summed E-state index contributed by atoms with van der Waals surface area (Å²) >= 11 is 1.17. The van der Waals surface area contributed by atoms with Gasteiger partial charge in [0, 0.05) is 24.8 Å². The van der Waals surface area contributed by atoms with E-state index in [2.05, 4.69) is 15.5 Å². The molecule has 4 aromatic rings. The minimum atomic E-state index is -0.966. The van der Waals surface area contributed by atoms with E-state index in [9.17, 15) is 18.8 Å². The molecule has 1 saturated heterocycles. The van der Waals surface area contributed by atoms with Gasteiger partial charge in [0.2, 0.25) is 5.91 Å². The summed E-state index contributed by atoms with van der Waals surface area (Å²) in [5.74, 6) is -0.522. The van der Waals surface area contributed by atoms with Gasteiger partial charge in [-0.15, -0.1) is 4.80 Å². The molecule has 1 fully saturated rings. The number of halogens is 1. The number of aryl methyl sites for hydroxylation is 1. The first-order valence-corrected chi connectivity index (χ1v) is 13.5. The lowest BCUT2D eigenvalue weighted by molar-refractivity contribution is -0.126. The fourth-order valence-electron chi connectivity index (χ4n) is 4.94. The second kappa shape index (κ2) is 11.7. The molecule has 2 atom stereocenters. The molecule has 12 nitrogen and oxygen atoms in total. The number of thiophene rings is 1. The van der Waals surface area contributed by atoms with Crippen molar-refractivity contribution < 1.29 is 23.4 Å². The first kappa shape index (κ1) is 27.7. The fourth-order valence-corrected chi connectivity index (χ4v) is 6.16. The van der Waals surface area contributed by atoms with Crippen LogP contribution in [0.3, 0.4) is 0 Å². The van der Waals surface area contributed by atoms with E-state index < -0.39 is 35.1 Å². The lowest BCUT2D eigenvalue weighted by Crippen LogP contribution is -2.49. The lowest BCUT2D eigenvalue weighted by Gasteiger charge is -2.26. The quantitative estimate of drug-likeness (QED) is 0.286. The third-order valence-corrected chi connectivity index (χ3v) is 8.16. The van der Waals surface area contributed by atoms with Crippen molar-refractivity contribution >= 4 is 27.5 Å². The Morgan fingerprint density at radius 1 is 1.18 bits per heavy atom. The number of nitrogens with zero attached hydrogens (tertiary/aromatic N) is 5. The molecule has 3 aromatic heterocycles. The van der Waals surface area contributed by atoms with Gasteiger partial charge in [-0.3, -0.25) is 14.2 Å². The molecule has 0 spiro atoms. The molecule has 1 aliphatic heterocycles. The smallest absolute Gasteiger partial charge is 0.332 e. The second-order valence-electron chi connectivity index (χ2n) is 9.29. The van der Waals surface area contributed by atoms with Crippen LogP contribution in [0.1, 0.15) is 36.1 Å². The molecular weight excluding hydrogens is 543 g/mol. The van der Waals surface area contributed by atoms with Crippen molar-refractivity contribution in [2.45, 2.75) is 38.5 Å². The molecule has 1 aliphatic rings. The van der Waals surface area contributed by atoms with Crippen LogP contribution in [-0.2, 0) is 20.8 Å². The Morgan fingerprint density at radius 3 is 2.65 bits per heavy atom. The normalized spacial score (nSPS) is 16.3. The monoisotopic (exact) mass is 572 g/mol. The number of benzene rings is 1. The molecule has 1 aromatic carbocycles. The van der Waals surface area contributed by atoms with E-state index in [1.807, 2.05) is 0 Å². The number of methoxy groups -OCH3 is 2. The summed E-state index contributed by atoms with van der Waals surface area (Å²) in [5.41, 5.74) is -0.281. The van der Waals surface area contributed by atoms with Crippen molar-refractivity contribution in [3.63, 3.8) is 0 Å². The zero-order chi connectivity index (χ0) is 28.4. The van der Waals surface area contributed by atoms with Crippen LogP contribution in [0.5, 0.6) is 5.75 Å². The molecule has 0 radical (unpaired) electrons. The summed E-state index contributed by atoms with van der Waals surface area (Å²) in [6.07, 6.45) is 3.12. The second-order valence-corrected chi connectivity index (χ2v) is 10.3. The number of piperidine rings is 1. The molecule has 1 N–H and O–H groups in total. The number of ether oxygens (including phenoxy) is 3. The number of amides is 1. The molecule has 1 unspecified atom stereocenters. The predicted octanol–water partition coefficient (Wildman–Crippen LogP) is 2.12. The van der Waals surface area contributed by atoms with Gasteiger partial charge in [0.25, 0.3) is 5.56 Å². The lowest BCUT2D eigenvalue weighted by atomic mass is 10.1. The summed E-state index contributed by atoms with van der Waals surface area (Å²) in [7, 11) is 2.99. The van der Waals surface area contributed by atoms with Gasteiger partial charge in [-0.2, -0.15) is 10.2 Å². The zero-order valence-electron chi connectivity index (χ0n) is 22.3. The summed E-state index contributed by atoms with van der Waals surface area (Å²) in [6.45, 7) is 2.53. The Bertz CT molecular complexity index is 1650. The average Bonchev–Trinajstić information content (AvgIpc) is 3.59. The minimum Gasteiger partial charge on any atom is -0.496 e. The van der Waals surface area contributed by atoms with Crippen molar-refractivity contribution in [2.24, 2.45) is 0 Å². The van der Waals surface area contributed by atoms with Crippen molar-refractivity contribution in [3.05, 3.63) is 68.4 Å². The minimum absolute atomic E-state index is 0.0978. The molecule has 0 saturated carbocycles. The van der Waals surface area contributed by atoms with E-state index in [1.165, 1.54) is 65.5 Å². The van der Waals surface area contributed by atoms with Crippen LogP contribution in [-0.4, -0.2) is 64.0 Å².